The van der Waals surface area contributed by atoms with E-state index in [0.29, 0.717) is 18.7 Å². The zero-order valence-corrected chi connectivity index (χ0v) is 10.2. The molecule has 0 radical (unpaired) electrons. The van der Waals surface area contributed by atoms with Crippen LogP contribution in [-0.4, -0.2) is 33.2 Å². The van der Waals surface area contributed by atoms with Crippen molar-refractivity contribution in [1.29, 1.82) is 0 Å². The number of carbonyl (C=O) groups is 1. The van der Waals surface area contributed by atoms with Crippen LogP contribution in [0, 0.1) is 0 Å². The fourth-order valence-electron chi connectivity index (χ4n) is 1.34. The van der Waals surface area contributed by atoms with Crippen LogP contribution in [0.1, 0.15) is 5.56 Å². The molecular formula is C11H16N2O3S. The number of nitrogens with one attached hydrogen (secondary N) is 1. The van der Waals surface area contributed by atoms with Crippen molar-refractivity contribution in [2.24, 2.45) is 5.73 Å². The molecule has 0 aliphatic rings. The average molecular weight is 256 g/mol. The lowest BCUT2D eigenvalue weighted by Crippen LogP contribution is -2.34. The van der Waals surface area contributed by atoms with E-state index in [1.165, 1.54) is 0 Å². The number of benzene rings is 1. The summed E-state index contributed by atoms with van der Waals surface area (Å²) in [6, 6.07) is 8.77. The lowest BCUT2D eigenvalue weighted by atomic mass is 10.2. The Labute approximate surface area is 101 Å². The van der Waals surface area contributed by atoms with Crippen molar-refractivity contribution in [3.63, 3.8) is 0 Å². The zero-order valence-electron chi connectivity index (χ0n) is 9.43. The summed E-state index contributed by atoms with van der Waals surface area (Å²) < 4.78 is 23.4. The van der Waals surface area contributed by atoms with Gasteiger partial charge in [-0.05, 0) is 5.56 Å². The highest BCUT2D eigenvalue weighted by atomic mass is 32.2. The summed E-state index contributed by atoms with van der Waals surface area (Å²) in [5, 5.41) is 2.43. The first-order valence-electron chi connectivity index (χ1n) is 5.24. The molecule has 0 bridgehead atoms. The fraction of sp³-hybridized carbons (Fsp3) is 0.364. The van der Waals surface area contributed by atoms with Crippen LogP contribution in [0.4, 0.5) is 0 Å². The van der Waals surface area contributed by atoms with Crippen molar-refractivity contribution >= 4 is 15.7 Å². The van der Waals surface area contributed by atoms with E-state index < -0.39 is 21.5 Å². The first-order chi connectivity index (χ1) is 8.03. The van der Waals surface area contributed by atoms with Crippen molar-refractivity contribution in [2.45, 2.75) is 5.75 Å². The van der Waals surface area contributed by atoms with Crippen LogP contribution in [0.5, 0.6) is 0 Å². The van der Waals surface area contributed by atoms with E-state index in [-0.39, 0.29) is 5.75 Å². The summed E-state index contributed by atoms with van der Waals surface area (Å²) in [5.41, 5.74) is 5.88. The molecule has 1 amide bonds. The topological polar surface area (TPSA) is 89.3 Å². The molecule has 17 heavy (non-hydrogen) atoms. The summed E-state index contributed by atoms with van der Waals surface area (Å²) in [6.07, 6.45) is 0. The minimum absolute atomic E-state index is 0.121. The van der Waals surface area contributed by atoms with Crippen molar-refractivity contribution in [3.05, 3.63) is 35.9 Å². The molecule has 1 aromatic carbocycles. The number of hydrogen-bond donors (Lipinski definition) is 2. The molecule has 0 fully saturated rings. The smallest absolute Gasteiger partial charge is 0.235 e. The van der Waals surface area contributed by atoms with Crippen LogP contribution in [0.3, 0.4) is 0 Å². The molecule has 0 saturated heterocycles. The molecule has 0 unspecified atom stereocenters. The first-order valence-corrected chi connectivity index (χ1v) is 7.07. The predicted octanol–water partition coefficient (Wildman–Crippen LogP) is -0.324. The second-order valence-electron chi connectivity index (χ2n) is 3.66. The molecule has 1 rings (SSSR count). The predicted molar refractivity (Wildman–Crippen MR) is 66.0 cm³/mol. The molecule has 94 valence electrons. The maximum atomic E-state index is 11.7. The highest BCUT2D eigenvalue weighted by Gasteiger charge is 2.16. The van der Waals surface area contributed by atoms with E-state index in [9.17, 15) is 13.2 Å². The summed E-state index contributed by atoms with van der Waals surface area (Å²) in [6.45, 7) is 0.587. The second-order valence-corrected chi connectivity index (χ2v) is 5.72. The lowest BCUT2D eigenvalue weighted by molar-refractivity contribution is -0.118. The molecule has 0 aromatic heterocycles. The van der Waals surface area contributed by atoms with E-state index in [1.54, 1.807) is 24.3 Å². The van der Waals surface area contributed by atoms with Crippen LogP contribution < -0.4 is 11.1 Å². The van der Waals surface area contributed by atoms with Crippen molar-refractivity contribution in [2.75, 3.05) is 18.8 Å². The number of hydrogen-bond acceptors (Lipinski definition) is 4. The Hall–Kier alpha value is -1.40. The third-order valence-corrected chi connectivity index (χ3v) is 3.52. The van der Waals surface area contributed by atoms with Gasteiger partial charge in [-0.3, -0.25) is 4.79 Å². The van der Waals surface area contributed by atoms with Gasteiger partial charge in [0.25, 0.3) is 0 Å². The standard InChI is InChI=1S/C11H16N2O3S/c12-6-7-13-11(14)9-17(15,16)8-10-4-2-1-3-5-10/h1-5H,6-9,12H2,(H,13,14). The van der Waals surface area contributed by atoms with Crippen LogP contribution >= 0.6 is 0 Å². The largest absolute Gasteiger partial charge is 0.354 e. The van der Waals surface area contributed by atoms with Gasteiger partial charge in [0.1, 0.15) is 5.75 Å². The summed E-state index contributed by atoms with van der Waals surface area (Å²) in [7, 11) is -3.42. The van der Waals surface area contributed by atoms with Gasteiger partial charge in [0.2, 0.25) is 5.91 Å². The van der Waals surface area contributed by atoms with Gasteiger partial charge in [-0.25, -0.2) is 8.42 Å². The Bertz CT molecular complexity index is 457. The molecule has 5 nitrogen and oxygen atoms in total. The number of nitrogens with two attached hydrogens (primary N) is 1. The number of sulfone groups is 1. The van der Waals surface area contributed by atoms with Gasteiger partial charge in [-0.1, -0.05) is 30.3 Å². The van der Waals surface area contributed by atoms with Gasteiger partial charge in [0.15, 0.2) is 9.84 Å². The van der Waals surface area contributed by atoms with Gasteiger partial charge in [-0.15, -0.1) is 0 Å². The minimum atomic E-state index is -3.42. The van der Waals surface area contributed by atoms with E-state index in [4.69, 9.17) is 5.73 Å². The Morgan fingerprint density at radius 3 is 2.47 bits per heavy atom. The van der Waals surface area contributed by atoms with Gasteiger partial charge in [-0.2, -0.15) is 0 Å². The molecule has 0 atom stereocenters. The number of amides is 1. The Morgan fingerprint density at radius 1 is 1.24 bits per heavy atom. The first kappa shape index (κ1) is 13.7. The molecule has 3 N–H and O–H groups in total. The zero-order chi connectivity index (χ0) is 12.7. The Morgan fingerprint density at radius 2 is 1.88 bits per heavy atom. The second kappa shape index (κ2) is 6.36. The van der Waals surface area contributed by atoms with E-state index >= 15 is 0 Å². The van der Waals surface area contributed by atoms with Crippen LogP contribution in [0.15, 0.2) is 30.3 Å². The third-order valence-electron chi connectivity index (χ3n) is 2.05. The minimum Gasteiger partial charge on any atom is -0.354 e. The molecule has 0 spiro atoms. The molecule has 1 aromatic rings. The summed E-state index contributed by atoms with van der Waals surface area (Å²) in [4.78, 5) is 11.3. The van der Waals surface area contributed by atoms with E-state index in [0.717, 1.165) is 0 Å². The average Bonchev–Trinajstić information content (AvgIpc) is 2.26. The SMILES string of the molecule is NCCNC(=O)CS(=O)(=O)Cc1ccccc1. The summed E-state index contributed by atoms with van der Waals surface area (Å²) >= 11 is 0. The molecule has 6 heteroatoms. The molecule has 0 aliphatic heterocycles. The normalized spacial score (nSPS) is 11.1. The molecule has 0 aliphatic carbocycles. The number of rotatable bonds is 6. The monoisotopic (exact) mass is 256 g/mol. The van der Waals surface area contributed by atoms with Gasteiger partial charge >= 0.3 is 0 Å². The van der Waals surface area contributed by atoms with Crippen LogP contribution in [-0.2, 0) is 20.4 Å². The molecule has 0 heterocycles. The molecule has 0 saturated carbocycles. The quantitative estimate of drug-likeness (QED) is 0.729. The van der Waals surface area contributed by atoms with Gasteiger partial charge in [0.05, 0.1) is 5.75 Å². The van der Waals surface area contributed by atoms with Crippen molar-refractivity contribution in [3.8, 4) is 0 Å². The lowest BCUT2D eigenvalue weighted by Gasteiger charge is -2.05. The fourth-order valence-corrected chi connectivity index (χ4v) is 2.65. The van der Waals surface area contributed by atoms with E-state index in [1.807, 2.05) is 6.07 Å². The van der Waals surface area contributed by atoms with Crippen molar-refractivity contribution < 1.29 is 13.2 Å². The highest BCUT2D eigenvalue weighted by Crippen LogP contribution is 2.05. The third kappa shape index (κ3) is 5.46. The number of carbonyl (C=O) groups excluding carboxylic acids is 1. The van der Waals surface area contributed by atoms with E-state index in [2.05, 4.69) is 5.32 Å². The van der Waals surface area contributed by atoms with Gasteiger partial charge in [0, 0.05) is 13.1 Å². The maximum absolute atomic E-state index is 11.7. The van der Waals surface area contributed by atoms with Crippen LogP contribution in [0.25, 0.3) is 0 Å². The summed E-state index contributed by atoms with van der Waals surface area (Å²) in [5.74, 6) is -1.13. The maximum Gasteiger partial charge on any atom is 0.235 e. The van der Waals surface area contributed by atoms with Crippen LogP contribution in [0.2, 0.25) is 0 Å². The Kier molecular flexibility index (Phi) is 5.11. The molecular weight excluding hydrogens is 240 g/mol. The van der Waals surface area contributed by atoms with Crippen molar-refractivity contribution in [1.82, 2.24) is 5.32 Å². The van der Waals surface area contributed by atoms with Gasteiger partial charge < -0.3 is 11.1 Å². The Balaban J connectivity index is 2.55. The highest BCUT2D eigenvalue weighted by molar-refractivity contribution is 7.91.